The van der Waals surface area contributed by atoms with E-state index in [-0.39, 0.29) is 16.3 Å². The van der Waals surface area contributed by atoms with Crippen LogP contribution in [0.15, 0.2) is 48.7 Å². The fraction of sp³-hybridized carbons (Fsp3) is 0.179. The van der Waals surface area contributed by atoms with Crippen molar-refractivity contribution in [1.29, 1.82) is 0 Å². The van der Waals surface area contributed by atoms with Crippen LogP contribution < -0.4 is 15.5 Å². The van der Waals surface area contributed by atoms with E-state index in [9.17, 15) is 31.5 Å². The summed E-state index contributed by atoms with van der Waals surface area (Å²) in [6.07, 6.45) is -2.86. The number of nitrogens with zero attached hydrogens (tertiary/aromatic N) is 2. The molecule has 0 radical (unpaired) electrons. The highest BCUT2D eigenvalue weighted by Crippen LogP contribution is 2.49. The second-order valence-corrected chi connectivity index (χ2v) is 10.1. The van der Waals surface area contributed by atoms with Gasteiger partial charge in [-0.05, 0) is 61.4 Å². The average Bonchev–Trinajstić information content (AvgIpc) is 3.55. The molecule has 3 aromatic carbocycles. The number of hydrogen-bond acceptors (Lipinski definition) is 3. The van der Waals surface area contributed by atoms with Gasteiger partial charge < -0.3 is 15.6 Å². The first-order chi connectivity index (χ1) is 19.4. The van der Waals surface area contributed by atoms with Gasteiger partial charge in [-0.3, -0.25) is 9.69 Å². The summed E-state index contributed by atoms with van der Waals surface area (Å²) in [5.41, 5.74) is 1.14. The predicted molar refractivity (Wildman–Crippen MR) is 141 cm³/mol. The molecule has 210 valence electrons. The lowest BCUT2D eigenvalue weighted by molar-refractivity contribution is -0.137. The van der Waals surface area contributed by atoms with E-state index in [2.05, 4.69) is 20.6 Å². The normalized spacial score (nSPS) is 16.0. The van der Waals surface area contributed by atoms with Crippen molar-refractivity contribution in [1.82, 2.24) is 15.3 Å². The molecule has 1 atom stereocenters. The zero-order valence-electron chi connectivity index (χ0n) is 21.1. The van der Waals surface area contributed by atoms with E-state index < -0.39 is 46.9 Å². The van der Waals surface area contributed by atoms with E-state index in [4.69, 9.17) is 11.6 Å². The molecule has 1 aromatic heterocycles. The zero-order valence-corrected chi connectivity index (χ0v) is 21.8. The summed E-state index contributed by atoms with van der Waals surface area (Å²) in [6.45, 7) is 2.04. The van der Waals surface area contributed by atoms with Crippen molar-refractivity contribution in [2.24, 2.45) is 0 Å². The number of aryl methyl sites for hydroxylation is 1. The molecule has 0 spiro atoms. The van der Waals surface area contributed by atoms with E-state index >= 15 is 0 Å². The first kappa shape index (κ1) is 26.8. The number of rotatable bonds is 4. The zero-order chi connectivity index (χ0) is 29.2. The number of carbonyl (C=O) groups excluding carboxylic acids is 2. The lowest BCUT2D eigenvalue weighted by Crippen LogP contribution is -2.46. The second kappa shape index (κ2) is 9.58. The lowest BCUT2D eigenvalue weighted by atomic mass is 9.88. The third kappa shape index (κ3) is 4.67. The van der Waals surface area contributed by atoms with Gasteiger partial charge in [-0.15, -0.1) is 0 Å². The fourth-order valence-corrected chi connectivity index (χ4v) is 5.57. The smallest absolute Gasteiger partial charge is 0.342 e. The van der Waals surface area contributed by atoms with Crippen LogP contribution >= 0.6 is 11.6 Å². The molecule has 4 aromatic rings. The molecule has 2 aliphatic heterocycles. The molecule has 6 rings (SSSR count). The summed E-state index contributed by atoms with van der Waals surface area (Å²) in [5.74, 6) is -2.28. The molecule has 1 unspecified atom stereocenters. The van der Waals surface area contributed by atoms with E-state index in [1.807, 2.05) is 0 Å². The highest BCUT2D eigenvalue weighted by molar-refractivity contribution is 6.31. The van der Waals surface area contributed by atoms with Crippen LogP contribution in [0.2, 0.25) is 5.02 Å². The van der Waals surface area contributed by atoms with Gasteiger partial charge >= 0.3 is 12.2 Å². The Bertz CT molecular complexity index is 1750. The predicted octanol–water partition coefficient (Wildman–Crippen LogP) is 6.76. The van der Waals surface area contributed by atoms with Crippen molar-refractivity contribution in [2.75, 3.05) is 16.8 Å². The maximum Gasteiger partial charge on any atom is 0.416 e. The fourth-order valence-electron chi connectivity index (χ4n) is 5.34. The SMILES string of the molecule is Cc1ncc(-c2cc(NC(=O)c3cc(F)cc(C(F)(F)F)c3)c3c4c2CCN4C(=O)NC3c2cc(F)ccc2Cl)[nH]1. The largest absolute Gasteiger partial charge is 0.416 e. The van der Waals surface area contributed by atoms with Crippen LogP contribution in [0.5, 0.6) is 0 Å². The van der Waals surface area contributed by atoms with Crippen LogP contribution in [-0.2, 0) is 12.6 Å². The molecule has 41 heavy (non-hydrogen) atoms. The number of nitrogens with one attached hydrogen (secondary N) is 3. The van der Waals surface area contributed by atoms with Gasteiger partial charge in [0, 0.05) is 39.5 Å². The van der Waals surface area contributed by atoms with E-state index in [0.717, 1.165) is 17.7 Å². The minimum atomic E-state index is -4.88. The first-order valence-corrected chi connectivity index (χ1v) is 12.7. The number of aromatic nitrogens is 2. The Morgan fingerprint density at radius 2 is 1.90 bits per heavy atom. The summed E-state index contributed by atoms with van der Waals surface area (Å²) < 4.78 is 68.5. The number of hydrogen-bond donors (Lipinski definition) is 3. The van der Waals surface area contributed by atoms with Crippen molar-refractivity contribution in [3.63, 3.8) is 0 Å². The number of amides is 3. The Labute approximate surface area is 234 Å². The Balaban J connectivity index is 1.56. The number of halogens is 6. The van der Waals surface area contributed by atoms with Crippen molar-refractivity contribution >= 4 is 34.9 Å². The summed E-state index contributed by atoms with van der Waals surface area (Å²) in [6, 6.07) is 5.27. The Hall–Kier alpha value is -4.45. The van der Waals surface area contributed by atoms with Crippen LogP contribution in [0.4, 0.5) is 38.1 Å². The van der Waals surface area contributed by atoms with E-state index in [1.54, 1.807) is 19.2 Å². The van der Waals surface area contributed by atoms with Gasteiger partial charge in [0.15, 0.2) is 0 Å². The molecule has 0 aliphatic carbocycles. The number of anilines is 2. The van der Waals surface area contributed by atoms with Gasteiger partial charge in [0.25, 0.3) is 5.91 Å². The number of imidazole rings is 1. The molecular formula is C28H19ClF5N5O2. The van der Waals surface area contributed by atoms with Crippen molar-refractivity contribution in [2.45, 2.75) is 25.6 Å². The molecule has 0 saturated carbocycles. The minimum Gasteiger partial charge on any atom is -0.342 e. The maximum atomic E-state index is 14.3. The molecular weight excluding hydrogens is 569 g/mol. The number of alkyl halides is 3. The van der Waals surface area contributed by atoms with Crippen LogP contribution in [0.1, 0.15) is 44.5 Å². The van der Waals surface area contributed by atoms with E-state index in [1.165, 1.54) is 11.0 Å². The second-order valence-electron chi connectivity index (χ2n) is 9.73. The monoisotopic (exact) mass is 587 g/mol. The first-order valence-electron chi connectivity index (χ1n) is 12.3. The molecule has 0 saturated heterocycles. The van der Waals surface area contributed by atoms with Gasteiger partial charge in [0.05, 0.1) is 29.2 Å². The topological polar surface area (TPSA) is 90.1 Å². The Morgan fingerprint density at radius 1 is 1.12 bits per heavy atom. The van der Waals surface area contributed by atoms with Crippen LogP contribution in [0, 0.1) is 18.6 Å². The highest BCUT2D eigenvalue weighted by atomic mass is 35.5. The summed E-state index contributed by atoms with van der Waals surface area (Å²) in [5, 5.41) is 5.55. The standard InChI is InChI=1S/C28H19ClF5N5O2/c1-12-35-11-22(36-12)18-10-21(37-26(40)13-6-14(28(32,33)34)8-16(31)7-13)23-24(19-9-15(30)2-3-20(19)29)38-27(41)39-5-4-17(18)25(23)39/h2-3,6-11,24H,4-5H2,1H3,(H,35,36)(H,37,40)(H,38,41). The van der Waals surface area contributed by atoms with Crippen molar-refractivity contribution in [3.05, 3.63) is 99.0 Å². The van der Waals surface area contributed by atoms with Crippen molar-refractivity contribution < 1.29 is 31.5 Å². The Kier molecular flexibility index (Phi) is 6.25. The third-order valence-corrected chi connectivity index (χ3v) is 7.44. The van der Waals surface area contributed by atoms with Crippen LogP contribution in [0.25, 0.3) is 11.3 Å². The van der Waals surface area contributed by atoms with Gasteiger partial charge in [-0.1, -0.05) is 11.6 Å². The van der Waals surface area contributed by atoms with Gasteiger partial charge in [0.2, 0.25) is 0 Å². The number of benzene rings is 3. The minimum absolute atomic E-state index is 0.103. The summed E-state index contributed by atoms with van der Waals surface area (Å²) in [7, 11) is 0. The molecule has 7 nitrogen and oxygen atoms in total. The van der Waals surface area contributed by atoms with Crippen LogP contribution in [0.3, 0.4) is 0 Å². The average molecular weight is 588 g/mol. The maximum absolute atomic E-state index is 14.3. The number of carbonyl (C=O) groups is 2. The molecule has 13 heteroatoms. The van der Waals surface area contributed by atoms with Gasteiger partial charge in [-0.2, -0.15) is 13.2 Å². The van der Waals surface area contributed by atoms with Gasteiger partial charge in [-0.25, -0.2) is 18.6 Å². The highest BCUT2D eigenvalue weighted by Gasteiger charge is 2.41. The lowest BCUT2D eigenvalue weighted by Gasteiger charge is -2.35. The molecule has 0 fully saturated rings. The molecule has 0 bridgehead atoms. The van der Waals surface area contributed by atoms with Gasteiger partial charge in [0.1, 0.15) is 17.5 Å². The molecule has 3 N–H and O–H groups in total. The third-order valence-electron chi connectivity index (χ3n) is 7.10. The van der Waals surface area contributed by atoms with Crippen LogP contribution in [-0.4, -0.2) is 28.5 Å². The molecule has 3 heterocycles. The molecule has 3 amide bonds. The van der Waals surface area contributed by atoms with E-state index in [0.29, 0.717) is 59.5 Å². The van der Waals surface area contributed by atoms with Crippen molar-refractivity contribution in [3.8, 4) is 11.3 Å². The summed E-state index contributed by atoms with van der Waals surface area (Å²) in [4.78, 5) is 35.4. The Morgan fingerprint density at radius 3 is 2.61 bits per heavy atom. The number of H-pyrrole nitrogens is 1. The summed E-state index contributed by atoms with van der Waals surface area (Å²) >= 11 is 6.42. The molecule has 2 aliphatic rings. The quantitative estimate of drug-likeness (QED) is 0.230. The number of aromatic amines is 1. The number of urea groups is 1.